The number of hydrogen-bond acceptors (Lipinski definition) is 3. The second-order valence-electron chi connectivity index (χ2n) is 4.00. The molecule has 2 rings (SSSR count). The Kier molecular flexibility index (Phi) is 3.53. The number of hydrogen-bond donors (Lipinski definition) is 3. The van der Waals surface area contributed by atoms with E-state index in [1.165, 1.54) is 6.42 Å². The van der Waals surface area contributed by atoms with Crippen LogP contribution in [0.1, 0.15) is 16.9 Å². The van der Waals surface area contributed by atoms with Crippen LogP contribution in [0.25, 0.3) is 0 Å². The lowest BCUT2D eigenvalue weighted by Gasteiger charge is -2.08. The number of carbonyl (C=O) groups is 1. The summed E-state index contributed by atoms with van der Waals surface area (Å²) < 4.78 is 0. The molecule has 4 nitrogen and oxygen atoms in total. The van der Waals surface area contributed by atoms with Gasteiger partial charge in [-0.25, -0.2) is 0 Å². The van der Waals surface area contributed by atoms with Crippen molar-refractivity contribution in [3.63, 3.8) is 0 Å². The summed E-state index contributed by atoms with van der Waals surface area (Å²) >= 11 is 0. The van der Waals surface area contributed by atoms with E-state index in [1.807, 2.05) is 6.07 Å². The maximum absolute atomic E-state index is 11.6. The molecule has 15 heavy (non-hydrogen) atoms. The first-order chi connectivity index (χ1) is 7.36. The highest BCUT2D eigenvalue weighted by Crippen LogP contribution is 2.05. The summed E-state index contributed by atoms with van der Waals surface area (Å²) in [6.07, 6.45) is 2.98. The molecule has 1 saturated heterocycles. The first-order valence-electron chi connectivity index (χ1n) is 5.44. The quantitative estimate of drug-likeness (QED) is 0.612. The molecule has 1 atom stereocenters. The van der Waals surface area contributed by atoms with E-state index in [-0.39, 0.29) is 5.78 Å². The molecule has 0 aliphatic carbocycles. The summed E-state index contributed by atoms with van der Waals surface area (Å²) in [4.78, 5) is 14.5. The molecule has 0 saturated carbocycles. The molecule has 82 valence electrons. The monoisotopic (exact) mass is 207 g/mol. The average Bonchev–Trinajstić information content (AvgIpc) is 2.90. The van der Waals surface area contributed by atoms with Gasteiger partial charge in [-0.2, -0.15) is 0 Å². The molecule has 1 fully saturated rings. The van der Waals surface area contributed by atoms with E-state index >= 15 is 0 Å². The fraction of sp³-hybridized carbons (Fsp3) is 0.545. The molecular formula is C11H17N3O. The van der Waals surface area contributed by atoms with Gasteiger partial charge in [0.25, 0.3) is 0 Å². The first kappa shape index (κ1) is 10.4. The van der Waals surface area contributed by atoms with E-state index < -0.39 is 0 Å². The predicted octanol–water partition coefficient (Wildman–Crippen LogP) is 0.396. The zero-order valence-electron chi connectivity index (χ0n) is 8.75. The molecule has 0 amide bonds. The molecule has 1 unspecified atom stereocenters. The van der Waals surface area contributed by atoms with Crippen molar-refractivity contribution >= 4 is 5.78 Å². The standard InChI is InChI=1S/C11H17N3O/c15-11(10-2-1-4-14-10)8-13-7-9-3-5-12-6-9/h1-2,4,9,12-14H,3,5-8H2. The Labute approximate surface area is 89.5 Å². The van der Waals surface area contributed by atoms with Gasteiger partial charge in [-0.15, -0.1) is 0 Å². The Balaban J connectivity index is 1.67. The summed E-state index contributed by atoms with van der Waals surface area (Å²) in [6, 6.07) is 3.65. The van der Waals surface area contributed by atoms with Crippen LogP contribution in [0.4, 0.5) is 0 Å². The number of aromatic amines is 1. The molecule has 3 N–H and O–H groups in total. The second-order valence-corrected chi connectivity index (χ2v) is 4.00. The topological polar surface area (TPSA) is 56.9 Å². The van der Waals surface area contributed by atoms with Gasteiger partial charge in [0.15, 0.2) is 5.78 Å². The summed E-state index contributed by atoms with van der Waals surface area (Å²) in [5, 5.41) is 6.51. The van der Waals surface area contributed by atoms with Gasteiger partial charge in [0.2, 0.25) is 0 Å². The largest absolute Gasteiger partial charge is 0.359 e. The van der Waals surface area contributed by atoms with Crippen LogP contribution < -0.4 is 10.6 Å². The summed E-state index contributed by atoms with van der Waals surface area (Å²) in [5.74, 6) is 0.812. The highest BCUT2D eigenvalue weighted by Gasteiger charge is 2.14. The van der Waals surface area contributed by atoms with Gasteiger partial charge < -0.3 is 15.6 Å². The molecule has 1 aliphatic heterocycles. The fourth-order valence-corrected chi connectivity index (χ4v) is 1.88. The lowest BCUT2D eigenvalue weighted by molar-refractivity contribution is 0.0986. The predicted molar refractivity (Wildman–Crippen MR) is 59.0 cm³/mol. The Bertz CT molecular complexity index is 302. The van der Waals surface area contributed by atoms with E-state index in [0.29, 0.717) is 18.2 Å². The van der Waals surface area contributed by atoms with Gasteiger partial charge in [-0.1, -0.05) is 0 Å². The van der Waals surface area contributed by atoms with Crippen LogP contribution >= 0.6 is 0 Å². The van der Waals surface area contributed by atoms with E-state index in [1.54, 1.807) is 12.3 Å². The van der Waals surface area contributed by atoms with Crippen LogP contribution in [-0.2, 0) is 0 Å². The summed E-state index contributed by atoms with van der Waals surface area (Å²) in [5.41, 5.74) is 0.687. The SMILES string of the molecule is O=C(CNCC1CCNC1)c1ccc[nH]1. The highest BCUT2D eigenvalue weighted by atomic mass is 16.1. The Morgan fingerprint density at radius 1 is 1.60 bits per heavy atom. The molecule has 0 aromatic carbocycles. The Morgan fingerprint density at radius 3 is 3.20 bits per heavy atom. The van der Waals surface area contributed by atoms with Crippen LogP contribution in [0.2, 0.25) is 0 Å². The van der Waals surface area contributed by atoms with Crippen molar-refractivity contribution in [2.75, 3.05) is 26.2 Å². The third-order valence-electron chi connectivity index (χ3n) is 2.78. The van der Waals surface area contributed by atoms with Crippen molar-refractivity contribution in [1.82, 2.24) is 15.6 Å². The van der Waals surface area contributed by atoms with Crippen molar-refractivity contribution in [2.45, 2.75) is 6.42 Å². The molecule has 0 radical (unpaired) electrons. The van der Waals surface area contributed by atoms with E-state index in [4.69, 9.17) is 0 Å². The van der Waals surface area contributed by atoms with Crippen molar-refractivity contribution in [1.29, 1.82) is 0 Å². The van der Waals surface area contributed by atoms with Gasteiger partial charge >= 0.3 is 0 Å². The molecule has 1 aromatic rings. The van der Waals surface area contributed by atoms with Gasteiger partial charge in [-0.05, 0) is 44.1 Å². The minimum absolute atomic E-state index is 0.131. The third-order valence-corrected chi connectivity index (χ3v) is 2.78. The van der Waals surface area contributed by atoms with Crippen molar-refractivity contribution in [3.8, 4) is 0 Å². The minimum Gasteiger partial charge on any atom is -0.359 e. The van der Waals surface area contributed by atoms with Crippen LogP contribution in [0.15, 0.2) is 18.3 Å². The van der Waals surface area contributed by atoms with Crippen LogP contribution in [0.3, 0.4) is 0 Å². The number of carbonyl (C=O) groups excluding carboxylic acids is 1. The summed E-state index contributed by atoms with van der Waals surface area (Å²) in [6.45, 7) is 3.54. The first-order valence-corrected chi connectivity index (χ1v) is 5.44. The maximum Gasteiger partial charge on any atom is 0.192 e. The molecular weight excluding hydrogens is 190 g/mol. The number of ketones is 1. The molecule has 0 bridgehead atoms. The third kappa shape index (κ3) is 2.91. The van der Waals surface area contributed by atoms with Gasteiger partial charge in [0.1, 0.15) is 0 Å². The number of aromatic nitrogens is 1. The Hall–Kier alpha value is -1.13. The van der Waals surface area contributed by atoms with E-state index in [2.05, 4.69) is 15.6 Å². The van der Waals surface area contributed by atoms with E-state index in [9.17, 15) is 4.79 Å². The van der Waals surface area contributed by atoms with Gasteiger partial charge in [0.05, 0.1) is 12.2 Å². The summed E-state index contributed by atoms with van der Waals surface area (Å²) in [7, 11) is 0. The normalized spacial score (nSPS) is 20.7. The van der Waals surface area contributed by atoms with Crippen molar-refractivity contribution < 1.29 is 4.79 Å². The number of rotatable bonds is 5. The number of nitrogens with one attached hydrogen (secondary N) is 3. The van der Waals surface area contributed by atoms with E-state index in [0.717, 1.165) is 19.6 Å². The van der Waals surface area contributed by atoms with Crippen LogP contribution in [0, 0.1) is 5.92 Å². The molecule has 0 spiro atoms. The number of Topliss-reactive ketones (excluding diaryl/α,β-unsaturated/α-hetero) is 1. The molecule has 1 aliphatic rings. The van der Waals surface area contributed by atoms with Crippen molar-refractivity contribution in [2.24, 2.45) is 5.92 Å². The average molecular weight is 207 g/mol. The maximum atomic E-state index is 11.6. The fourth-order valence-electron chi connectivity index (χ4n) is 1.88. The smallest absolute Gasteiger partial charge is 0.192 e. The second kappa shape index (κ2) is 5.09. The lowest BCUT2D eigenvalue weighted by Crippen LogP contribution is -2.29. The Morgan fingerprint density at radius 2 is 2.53 bits per heavy atom. The highest BCUT2D eigenvalue weighted by molar-refractivity contribution is 5.95. The minimum atomic E-state index is 0.131. The number of H-pyrrole nitrogens is 1. The molecule has 2 heterocycles. The molecule has 4 heteroatoms. The molecule has 1 aromatic heterocycles. The van der Waals surface area contributed by atoms with Crippen LogP contribution in [0.5, 0.6) is 0 Å². The zero-order chi connectivity index (χ0) is 10.5. The zero-order valence-corrected chi connectivity index (χ0v) is 8.75. The van der Waals surface area contributed by atoms with Gasteiger partial charge in [-0.3, -0.25) is 4.79 Å². The van der Waals surface area contributed by atoms with Crippen LogP contribution in [-0.4, -0.2) is 36.9 Å². The van der Waals surface area contributed by atoms with Gasteiger partial charge in [0, 0.05) is 6.20 Å². The van der Waals surface area contributed by atoms with Crippen molar-refractivity contribution in [3.05, 3.63) is 24.0 Å². The lowest BCUT2D eigenvalue weighted by atomic mass is 10.1.